The van der Waals surface area contributed by atoms with Crippen LogP contribution < -0.4 is 10.1 Å². The molecular weight excluding hydrogens is 259 g/mol. The van der Waals surface area contributed by atoms with Gasteiger partial charge in [0.25, 0.3) is 0 Å². The highest BCUT2D eigenvalue weighted by atomic mass is 19.1. The summed E-state index contributed by atoms with van der Waals surface area (Å²) in [5.74, 6) is 0.944. The van der Waals surface area contributed by atoms with E-state index in [1.165, 1.54) is 12.1 Å². The number of nitrogens with one attached hydrogen (secondary N) is 1. The molecule has 20 heavy (non-hydrogen) atoms. The van der Waals surface area contributed by atoms with Crippen LogP contribution in [0.15, 0.2) is 22.7 Å². The number of ether oxygens (including phenoxy) is 1. The Balaban J connectivity index is 2.22. The van der Waals surface area contributed by atoms with E-state index in [0.29, 0.717) is 12.4 Å². The molecular formula is C15H19FN2O2. The molecule has 1 N–H and O–H groups in total. The van der Waals surface area contributed by atoms with Crippen LogP contribution in [-0.2, 0) is 6.61 Å². The van der Waals surface area contributed by atoms with Crippen molar-refractivity contribution in [1.82, 2.24) is 10.5 Å². The van der Waals surface area contributed by atoms with Gasteiger partial charge in [0.15, 0.2) is 0 Å². The predicted octanol–water partition coefficient (Wildman–Crippen LogP) is 3.29. The zero-order valence-electron chi connectivity index (χ0n) is 12.2. The van der Waals surface area contributed by atoms with Crippen LogP contribution in [0.5, 0.6) is 5.75 Å². The summed E-state index contributed by atoms with van der Waals surface area (Å²) in [6.07, 6.45) is 0. The van der Waals surface area contributed by atoms with E-state index < -0.39 is 0 Å². The summed E-state index contributed by atoms with van der Waals surface area (Å²) in [5, 5.41) is 7.00. The fourth-order valence-electron chi connectivity index (χ4n) is 2.00. The van der Waals surface area contributed by atoms with Crippen LogP contribution in [-0.4, -0.2) is 12.2 Å². The molecule has 1 heterocycles. The van der Waals surface area contributed by atoms with Gasteiger partial charge in [0.2, 0.25) is 0 Å². The molecule has 0 radical (unpaired) electrons. The van der Waals surface area contributed by atoms with Gasteiger partial charge < -0.3 is 14.6 Å². The molecule has 1 unspecified atom stereocenters. The minimum absolute atomic E-state index is 0.0790. The van der Waals surface area contributed by atoms with Crippen LogP contribution in [0, 0.1) is 19.7 Å². The van der Waals surface area contributed by atoms with Crippen molar-refractivity contribution in [3.63, 3.8) is 0 Å². The summed E-state index contributed by atoms with van der Waals surface area (Å²) < 4.78 is 24.3. The number of hydrogen-bond acceptors (Lipinski definition) is 4. The highest BCUT2D eigenvalue weighted by Gasteiger charge is 2.14. The first kappa shape index (κ1) is 14.5. The van der Waals surface area contributed by atoms with E-state index in [2.05, 4.69) is 10.5 Å². The van der Waals surface area contributed by atoms with Gasteiger partial charge in [0, 0.05) is 17.7 Å². The van der Waals surface area contributed by atoms with Gasteiger partial charge in [-0.3, -0.25) is 0 Å². The number of halogens is 1. The van der Waals surface area contributed by atoms with Crippen LogP contribution in [0.2, 0.25) is 0 Å². The topological polar surface area (TPSA) is 47.3 Å². The van der Waals surface area contributed by atoms with Gasteiger partial charge >= 0.3 is 0 Å². The van der Waals surface area contributed by atoms with Gasteiger partial charge in [-0.05, 0) is 33.9 Å². The third-order valence-electron chi connectivity index (χ3n) is 3.43. The molecule has 108 valence electrons. The number of rotatable bonds is 5. The van der Waals surface area contributed by atoms with Crippen molar-refractivity contribution in [3.05, 3.63) is 46.6 Å². The van der Waals surface area contributed by atoms with Gasteiger partial charge in [0.1, 0.15) is 23.9 Å². The van der Waals surface area contributed by atoms with Crippen LogP contribution in [0.1, 0.15) is 35.5 Å². The first-order valence-electron chi connectivity index (χ1n) is 6.54. The Morgan fingerprint density at radius 1 is 1.40 bits per heavy atom. The lowest BCUT2D eigenvalue weighted by Crippen LogP contribution is -2.14. The Labute approximate surface area is 117 Å². The summed E-state index contributed by atoms with van der Waals surface area (Å²) in [4.78, 5) is 0. The minimum atomic E-state index is -0.314. The second-order valence-electron chi connectivity index (χ2n) is 4.78. The predicted molar refractivity (Wildman–Crippen MR) is 74.2 cm³/mol. The molecule has 1 atom stereocenters. The highest BCUT2D eigenvalue weighted by molar-refractivity contribution is 5.36. The molecule has 4 nitrogen and oxygen atoms in total. The van der Waals surface area contributed by atoms with Gasteiger partial charge in [-0.1, -0.05) is 11.2 Å². The van der Waals surface area contributed by atoms with E-state index in [9.17, 15) is 4.39 Å². The molecule has 1 aromatic heterocycles. The second kappa shape index (κ2) is 6.05. The minimum Gasteiger partial charge on any atom is -0.488 e. The maximum Gasteiger partial charge on any atom is 0.140 e. The average Bonchev–Trinajstić information content (AvgIpc) is 2.75. The number of nitrogens with zero attached hydrogens (tertiary/aromatic N) is 1. The molecule has 0 saturated carbocycles. The molecule has 0 spiro atoms. The lowest BCUT2D eigenvalue weighted by molar-refractivity contribution is 0.294. The fraction of sp³-hybridized carbons (Fsp3) is 0.400. The van der Waals surface area contributed by atoms with Crippen LogP contribution in [0.25, 0.3) is 0 Å². The van der Waals surface area contributed by atoms with Crippen molar-refractivity contribution in [3.8, 4) is 5.75 Å². The van der Waals surface area contributed by atoms with Gasteiger partial charge in [0.05, 0.1) is 11.3 Å². The zero-order valence-corrected chi connectivity index (χ0v) is 12.2. The molecule has 0 amide bonds. The maximum atomic E-state index is 13.4. The van der Waals surface area contributed by atoms with Crippen molar-refractivity contribution in [2.24, 2.45) is 0 Å². The Bertz CT molecular complexity index is 576. The third kappa shape index (κ3) is 2.99. The van der Waals surface area contributed by atoms with Crippen LogP contribution >= 0.6 is 0 Å². The van der Waals surface area contributed by atoms with Crippen molar-refractivity contribution >= 4 is 0 Å². The normalized spacial score (nSPS) is 12.4. The quantitative estimate of drug-likeness (QED) is 0.911. The monoisotopic (exact) mass is 278 g/mol. The lowest BCUT2D eigenvalue weighted by Gasteiger charge is -2.16. The largest absolute Gasteiger partial charge is 0.488 e. The molecule has 1 aromatic carbocycles. The average molecular weight is 278 g/mol. The third-order valence-corrected chi connectivity index (χ3v) is 3.43. The van der Waals surface area contributed by atoms with Crippen molar-refractivity contribution in [2.75, 3.05) is 7.05 Å². The SMILES string of the molecule is CNC(C)c1ccc(F)cc1OCc1c(C)noc1C. The van der Waals surface area contributed by atoms with E-state index in [-0.39, 0.29) is 11.9 Å². The molecule has 0 aliphatic heterocycles. The first-order valence-corrected chi connectivity index (χ1v) is 6.54. The number of hydrogen-bond donors (Lipinski definition) is 1. The molecule has 0 saturated heterocycles. The van der Waals surface area contributed by atoms with E-state index in [1.54, 1.807) is 6.07 Å². The summed E-state index contributed by atoms with van der Waals surface area (Å²) in [7, 11) is 1.85. The molecule has 0 bridgehead atoms. The Hall–Kier alpha value is -1.88. The van der Waals surface area contributed by atoms with Crippen molar-refractivity contribution in [1.29, 1.82) is 0 Å². The van der Waals surface area contributed by atoms with Gasteiger partial charge in [-0.25, -0.2) is 4.39 Å². The fourth-order valence-corrected chi connectivity index (χ4v) is 2.00. The lowest BCUT2D eigenvalue weighted by atomic mass is 10.1. The van der Waals surface area contributed by atoms with Crippen LogP contribution in [0.3, 0.4) is 0 Å². The summed E-state index contributed by atoms with van der Waals surface area (Å²) in [6.45, 7) is 6.00. The molecule has 5 heteroatoms. The zero-order chi connectivity index (χ0) is 14.7. The second-order valence-corrected chi connectivity index (χ2v) is 4.78. The Kier molecular flexibility index (Phi) is 4.39. The smallest absolute Gasteiger partial charge is 0.140 e. The van der Waals surface area contributed by atoms with Crippen molar-refractivity contribution in [2.45, 2.75) is 33.4 Å². The number of aromatic nitrogens is 1. The van der Waals surface area contributed by atoms with Gasteiger partial charge in [-0.2, -0.15) is 0 Å². The standard InChI is InChI=1S/C15H19FN2O2/c1-9(17-4)13-6-5-12(16)7-15(13)19-8-14-10(2)18-20-11(14)3/h5-7,9,17H,8H2,1-4H3. The molecule has 0 fully saturated rings. The summed E-state index contributed by atoms with van der Waals surface area (Å²) in [5.41, 5.74) is 2.61. The van der Waals surface area contributed by atoms with E-state index >= 15 is 0 Å². The summed E-state index contributed by atoms with van der Waals surface area (Å²) >= 11 is 0. The highest BCUT2D eigenvalue weighted by Crippen LogP contribution is 2.27. The first-order chi connectivity index (χ1) is 9.52. The maximum absolute atomic E-state index is 13.4. The van der Waals surface area contributed by atoms with Crippen LogP contribution in [0.4, 0.5) is 4.39 Å². The summed E-state index contributed by atoms with van der Waals surface area (Å²) in [6, 6.07) is 4.65. The Morgan fingerprint density at radius 3 is 2.75 bits per heavy atom. The van der Waals surface area contributed by atoms with E-state index in [1.807, 2.05) is 27.8 Å². The molecule has 0 aliphatic carbocycles. The Morgan fingerprint density at radius 2 is 2.15 bits per heavy atom. The number of aryl methyl sites for hydroxylation is 2. The number of benzene rings is 1. The van der Waals surface area contributed by atoms with Crippen molar-refractivity contribution < 1.29 is 13.7 Å². The molecule has 0 aliphatic rings. The van der Waals surface area contributed by atoms with Gasteiger partial charge in [-0.15, -0.1) is 0 Å². The van der Waals surface area contributed by atoms with E-state index in [0.717, 1.165) is 22.6 Å². The van der Waals surface area contributed by atoms with E-state index in [4.69, 9.17) is 9.26 Å². The molecule has 2 rings (SSSR count). The molecule has 2 aromatic rings.